The molecule has 1 fully saturated rings. The highest BCUT2D eigenvalue weighted by molar-refractivity contribution is 5.73. The number of ether oxygens (including phenoxy) is 1. The van der Waals surface area contributed by atoms with Crippen molar-refractivity contribution in [3.63, 3.8) is 0 Å². The molecule has 1 aliphatic carbocycles. The Morgan fingerprint density at radius 3 is 2.44 bits per heavy atom. The Morgan fingerprint density at radius 1 is 1.39 bits per heavy atom. The van der Waals surface area contributed by atoms with Crippen LogP contribution in [-0.4, -0.2) is 40.9 Å². The third-order valence-corrected chi connectivity index (χ3v) is 2.61. The van der Waals surface area contributed by atoms with Crippen molar-refractivity contribution in [1.82, 2.24) is 10.6 Å². The lowest BCUT2D eigenvalue weighted by Crippen LogP contribution is -2.42. The summed E-state index contributed by atoms with van der Waals surface area (Å²) in [5.74, 6) is -0.861. The molecule has 6 heteroatoms. The summed E-state index contributed by atoms with van der Waals surface area (Å²) >= 11 is 0. The predicted molar refractivity (Wildman–Crippen MR) is 66.4 cm³/mol. The third kappa shape index (κ3) is 4.91. The average Bonchev–Trinajstić information content (AvgIpc) is 2.88. The molecule has 3 unspecified atom stereocenters. The lowest BCUT2D eigenvalue weighted by molar-refractivity contribution is -0.139. The van der Waals surface area contributed by atoms with Crippen molar-refractivity contribution < 1.29 is 19.4 Å². The van der Waals surface area contributed by atoms with E-state index in [0.29, 0.717) is 6.42 Å². The summed E-state index contributed by atoms with van der Waals surface area (Å²) in [5, 5.41) is 14.6. The van der Waals surface area contributed by atoms with Crippen LogP contribution in [0.2, 0.25) is 0 Å². The molecule has 6 nitrogen and oxygen atoms in total. The van der Waals surface area contributed by atoms with E-state index in [0.717, 1.165) is 6.42 Å². The second-order valence-electron chi connectivity index (χ2n) is 5.56. The van der Waals surface area contributed by atoms with Gasteiger partial charge < -0.3 is 15.2 Å². The predicted octanol–water partition coefficient (Wildman–Crippen LogP) is 1.10. The summed E-state index contributed by atoms with van der Waals surface area (Å²) in [7, 11) is 0. The minimum absolute atomic E-state index is 0.0265. The van der Waals surface area contributed by atoms with Gasteiger partial charge >= 0.3 is 12.1 Å². The molecular formula is C12H22N2O4. The zero-order chi connectivity index (χ0) is 13.9. The molecule has 18 heavy (non-hydrogen) atoms. The van der Waals surface area contributed by atoms with Crippen molar-refractivity contribution in [3.8, 4) is 0 Å². The fourth-order valence-corrected chi connectivity index (χ4v) is 1.62. The second kappa shape index (κ2) is 5.56. The van der Waals surface area contributed by atoms with Crippen LogP contribution in [0.15, 0.2) is 0 Å². The Hall–Kier alpha value is -1.30. The highest BCUT2D eigenvalue weighted by atomic mass is 16.6. The Kier molecular flexibility index (Phi) is 4.56. The van der Waals surface area contributed by atoms with E-state index in [2.05, 4.69) is 10.6 Å². The lowest BCUT2D eigenvalue weighted by atomic mass is 10.2. The molecule has 0 aromatic rings. The molecule has 0 aromatic heterocycles. The standard InChI is InChI=1S/C12H22N2O4/c1-5-7(10(15)16)13-8-6-9(8)14-11(17)18-12(2,3)4/h7-9,13H,5-6H2,1-4H3,(H,14,17)(H,15,16). The zero-order valence-electron chi connectivity index (χ0n) is 11.3. The summed E-state index contributed by atoms with van der Waals surface area (Å²) < 4.78 is 5.12. The molecule has 0 saturated heterocycles. The van der Waals surface area contributed by atoms with Crippen molar-refractivity contribution in [2.24, 2.45) is 0 Å². The van der Waals surface area contributed by atoms with Gasteiger partial charge in [-0.2, -0.15) is 0 Å². The van der Waals surface area contributed by atoms with Gasteiger partial charge in [-0.1, -0.05) is 6.92 Å². The number of hydrogen-bond acceptors (Lipinski definition) is 4. The molecule has 0 aliphatic heterocycles. The van der Waals surface area contributed by atoms with E-state index in [9.17, 15) is 9.59 Å². The molecule has 1 aliphatic rings. The van der Waals surface area contributed by atoms with E-state index < -0.39 is 23.7 Å². The van der Waals surface area contributed by atoms with Gasteiger partial charge in [0.1, 0.15) is 11.6 Å². The van der Waals surface area contributed by atoms with Crippen LogP contribution >= 0.6 is 0 Å². The molecule has 1 rings (SSSR count). The van der Waals surface area contributed by atoms with Crippen LogP contribution in [0.25, 0.3) is 0 Å². The molecule has 0 aromatic carbocycles. The summed E-state index contributed by atoms with van der Waals surface area (Å²) in [6, 6.07) is -0.563. The lowest BCUT2D eigenvalue weighted by Gasteiger charge is -2.20. The van der Waals surface area contributed by atoms with Crippen molar-refractivity contribution in [3.05, 3.63) is 0 Å². The third-order valence-electron chi connectivity index (χ3n) is 2.61. The van der Waals surface area contributed by atoms with Gasteiger partial charge in [0.05, 0.1) is 0 Å². The van der Waals surface area contributed by atoms with Gasteiger partial charge in [-0.05, 0) is 33.6 Å². The number of carbonyl (C=O) groups excluding carboxylic acids is 1. The SMILES string of the molecule is CCC(NC1CC1NC(=O)OC(C)(C)C)C(=O)O. The minimum atomic E-state index is -0.861. The molecule has 0 bridgehead atoms. The first-order valence-corrected chi connectivity index (χ1v) is 6.21. The number of aliphatic carboxylic acids is 1. The number of amides is 1. The van der Waals surface area contributed by atoms with Gasteiger partial charge in [0.2, 0.25) is 0 Å². The van der Waals surface area contributed by atoms with Crippen molar-refractivity contribution in [2.75, 3.05) is 0 Å². The Balaban J connectivity index is 2.29. The Labute approximate surface area is 107 Å². The molecule has 0 radical (unpaired) electrons. The molecule has 0 spiro atoms. The van der Waals surface area contributed by atoms with Gasteiger partial charge in [-0.25, -0.2) is 4.79 Å². The first-order chi connectivity index (χ1) is 8.23. The monoisotopic (exact) mass is 258 g/mol. The molecule has 104 valence electrons. The van der Waals surface area contributed by atoms with E-state index in [-0.39, 0.29) is 12.1 Å². The maximum atomic E-state index is 11.5. The van der Waals surface area contributed by atoms with Crippen molar-refractivity contribution in [2.45, 2.75) is 64.3 Å². The smallest absolute Gasteiger partial charge is 0.407 e. The fraction of sp³-hybridized carbons (Fsp3) is 0.833. The van der Waals surface area contributed by atoms with Crippen molar-refractivity contribution >= 4 is 12.1 Å². The number of rotatable bonds is 5. The van der Waals surface area contributed by atoms with Gasteiger partial charge in [-0.15, -0.1) is 0 Å². The molecule has 3 atom stereocenters. The maximum absolute atomic E-state index is 11.5. The van der Waals surface area contributed by atoms with E-state index in [1.54, 1.807) is 20.8 Å². The quantitative estimate of drug-likeness (QED) is 0.687. The maximum Gasteiger partial charge on any atom is 0.407 e. The van der Waals surface area contributed by atoms with Crippen LogP contribution in [0.1, 0.15) is 40.5 Å². The van der Waals surface area contributed by atoms with Gasteiger partial charge in [0, 0.05) is 12.1 Å². The van der Waals surface area contributed by atoms with Gasteiger partial charge in [0.15, 0.2) is 0 Å². The summed E-state index contributed by atoms with van der Waals surface area (Å²) in [5.41, 5.74) is -0.519. The van der Waals surface area contributed by atoms with E-state index in [4.69, 9.17) is 9.84 Å². The number of nitrogens with one attached hydrogen (secondary N) is 2. The zero-order valence-corrected chi connectivity index (χ0v) is 11.3. The minimum Gasteiger partial charge on any atom is -0.480 e. The van der Waals surface area contributed by atoms with Crippen LogP contribution in [-0.2, 0) is 9.53 Å². The van der Waals surface area contributed by atoms with E-state index in [1.807, 2.05) is 6.92 Å². The van der Waals surface area contributed by atoms with Crippen LogP contribution in [0, 0.1) is 0 Å². The van der Waals surface area contributed by atoms with Gasteiger partial charge in [0.25, 0.3) is 0 Å². The Bertz CT molecular complexity index is 325. The fourth-order valence-electron chi connectivity index (χ4n) is 1.62. The van der Waals surface area contributed by atoms with Crippen LogP contribution < -0.4 is 10.6 Å². The number of carboxylic acids is 1. The number of hydrogen-bond donors (Lipinski definition) is 3. The number of alkyl carbamates (subject to hydrolysis) is 1. The molecule has 1 saturated carbocycles. The highest BCUT2D eigenvalue weighted by Crippen LogP contribution is 2.23. The molecule has 1 amide bonds. The van der Waals surface area contributed by atoms with Crippen LogP contribution in [0.3, 0.4) is 0 Å². The first kappa shape index (κ1) is 14.8. The normalized spacial score (nSPS) is 24.2. The van der Waals surface area contributed by atoms with Crippen molar-refractivity contribution in [1.29, 1.82) is 0 Å². The summed E-state index contributed by atoms with van der Waals surface area (Å²) in [6.07, 6.45) is 0.800. The first-order valence-electron chi connectivity index (χ1n) is 6.21. The topological polar surface area (TPSA) is 87.7 Å². The molecule has 3 N–H and O–H groups in total. The van der Waals surface area contributed by atoms with E-state index >= 15 is 0 Å². The van der Waals surface area contributed by atoms with Crippen LogP contribution in [0.5, 0.6) is 0 Å². The summed E-state index contributed by atoms with van der Waals surface area (Å²) in [6.45, 7) is 7.21. The van der Waals surface area contributed by atoms with Crippen LogP contribution in [0.4, 0.5) is 4.79 Å². The molecular weight excluding hydrogens is 236 g/mol. The summed E-state index contributed by atoms with van der Waals surface area (Å²) in [4.78, 5) is 22.3. The van der Waals surface area contributed by atoms with E-state index in [1.165, 1.54) is 0 Å². The number of carboxylic acid groups (broad SMARTS) is 1. The average molecular weight is 258 g/mol. The highest BCUT2D eigenvalue weighted by Gasteiger charge is 2.41. The Morgan fingerprint density at radius 2 is 2.00 bits per heavy atom. The second-order valence-corrected chi connectivity index (χ2v) is 5.56. The molecule has 0 heterocycles. The largest absolute Gasteiger partial charge is 0.480 e. The number of carbonyl (C=O) groups is 2. The van der Waals surface area contributed by atoms with Gasteiger partial charge in [-0.3, -0.25) is 10.1 Å².